The van der Waals surface area contributed by atoms with Crippen molar-refractivity contribution in [1.82, 2.24) is 24.5 Å². The first-order valence-electron chi connectivity index (χ1n) is 10.1. The summed E-state index contributed by atoms with van der Waals surface area (Å²) < 4.78 is 3.90. The molecule has 3 N–H and O–H groups in total. The van der Waals surface area contributed by atoms with Gasteiger partial charge < -0.3 is 16.0 Å². The smallest absolute Gasteiger partial charge is 0.269 e. The summed E-state index contributed by atoms with van der Waals surface area (Å²) in [6.07, 6.45) is 4.87. The van der Waals surface area contributed by atoms with Crippen LogP contribution < -0.4 is 16.0 Å². The second-order valence-electron chi connectivity index (χ2n) is 7.09. The summed E-state index contributed by atoms with van der Waals surface area (Å²) in [7, 11) is 0. The van der Waals surface area contributed by atoms with Crippen LogP contribution in [0.15, 0.2) is 55.0 Å². The maximum Gasteiger partial charge on any atom is 0.269 e. The van der Waals surface area contributed by atoms with E-state index in [1.54, 1.807) is 12.3 Å². The lowest BCUT2D eigenvalue weighted by Crippen LogP contribution is -2.12. The molecular formula is C22H22N8OS. The summed E-state index contributed by atoms with van der Waals surface area (Å²) in [6.45, 7) is 4.05. The Morgan fingerprint density at radius 1 is 0.938 bits per heavy atom. The number of carbonyl (C=O) groups excluding carboxylic acids is 1. The average molecular weight is 447 g/mol. The van der Waals surface area contributed by atoms with Gasteiger partial charge in [0.15, 0.2) is 0 Å². The van der Waals surface area contributed by atoms with Crippen molar-refractivity contribution in [1.29, 1.82) is 0 Å². The van der Waals surface area contributed by atoms with Crippen molar-refractivity contribution in [3.8, 4) is 0 Å². The van der Waals surface area contributed by atoms with Gasteiger partial charge >= 0.3 is 0 Å². The topological polar surface area (TPSA) is 118 Å². The first-order chi connectivity index (χ1) is 15.6. The standard InChI is InChI=1S/C22H22N8OS/c1-3-4-17-21(32-30-29-17)22(31)27-16-7-5-15(6-8-16)26-19-12-20(25-13-24-19)28-18-11-14(2)9-10-23-18/h5-13H,3-4H2,1-2H3,(H,27,31)(H2,23,24,25,26,28). The largest absolute Gasteiger partial charge is 0.340 e. The molecule has 4 rings (SSSR count). The number of nitrogens with one attached hydrogen (secondary N) is 3. The molecule has 4 aromatic rings. The number of aromatic nitrogens is 5. The lowest BCUT2D eigenvalue weighted by Gasteiger charge is -2.10. The highest BCUT2D eigenvalue weighted by Gasteiger charge is 2.15. The van der Waals surface area contributed by atoms with E-state index < -0.39 is 0 Å². The van der Waals surface area contributed by atoms with Crippen LogP contribution in [0.1, 0.15) is 34.3 Å². The third-order valence-electron chi connectivity index (χ3n) is 4.50. The summed E-state index contributed by atoms with van der Waals surface area (Å²) in [4.78, 5) is 25.9. The van der Waals surface area contributed by atoms with Crippen LogP contribution in [0.4, 0.5) is 28.8 Å². The minimum absolute atomic E-state index is 0.194. The van der Waals surface area contributed by atoms with Crippen molar-refractivity contribution in [2.75, 3.05) is 16.0 Å². The second-order valence-corrected chi connectivity index (χ2v) is 7.84. The Kier molecular flexibility index (Phi) is 6.61. The fourth-order valence-electron chi connectivity index (χ4n) is 2.98. The summed E-state index contributed by atoms with van der Waals surface area (Å²) in [5.41, 5.74) is 3.36. The van der Waals surface area contributed by atoms with Gasteiger partial charge in [-0.1, -0.05) is 17.8 Å². The van der Waals surface area contributed by atoms with Crippen molar-refractivity contribution >= 4 is 46.3 Å². The highest BCUT2D eigenvalue weighted by Crippen LogP contribution is 2.21. The Labute approximate surface area is 189 Å². The molecule has 32 heavy (non-hydrogen) atoms. The van der Waals surface area contributed by atoms with Crippen LogP contribution in [0.2, 0.25) is 0 Å². The first kappa shape index (κ1) is 21.3. The van der Waals surface area contributed by atoms with Crippen LogP contribution >= 0.6 is 11.5 Å². The molecule has 0 saturated heterocycles. The SMILES string of the molecule is CCCc1nnsc1C(=O)Nc1ccc(Nc2cc(Nc3cc(C)ccn3)ncn2)cc1. The minimum Gasteiger partial charge on any atom is -0.340 e. The van der Waals surface area contributed by atoms with Gasteiger partial charge in [-0.2, -0.15) is 0 Å². The van der Waals surface area contributed by atoms with Gasteiger partial charge in [-0.3, -0.25) is 4.79 Å². The number of hydrogen-bond donors (Lipinski definition) is 3. The van der Waals surface area contributed by atoms with E-state index in [9.17, 15) is 4.79 Å². The maximum absolute atomic E-state index is 12.5. The Balaban J connectivity index is 1.39. The van der Waals surface area contributed by atoms with Gasteiger partial charge in [0.2, 0.25) is 0 Å². The molecule has 0 atom stereocenters. The molecule has 3 heterocycles. The Bertz CT molecular complexity index is 1210. The Morgan fingerprint density at radius 3 is 2.41 bits per heavy atom. The number of rotatable bonds is 8. The monoisotopic (exact) mass is 446 g/mol. The molecule has 10 heteroatoms. The van der Waals surface area contributed by atoms with Crippen molar-refractivity contribution in [3.63, 3.8) is 0 Å². The lowest BCUT2D eigenvalue weighted by atomic mass is 10.2. The molecule has 9 nitrogen and oxygen atoms in total. The molecule has 0 aliphatic heterocycles. The first-order valence-corrected chi connectivity index (χ1v) is 10.9. The molecule has 1 aromatic carbocycles. The van der Waals surface area contributed by atoms with Crippen LogP contribution in [0.3, 0.4) is 0 Å². The number of hydrogen-bond acceptors (Lipinski definition) is 9. The second kappa shape index (κ2) is 9.92. The number of anilines is 5. The molecule has 0 fully saturated rings. The van der Waals surface area contributed by atoms with Gasteiger partial charge in [-0.25, -0.2) is 15.0 Å². The summed E-state index contributed by atoms with van der Waals surface area (Å²) in [5.74, 6) is 1.78. The number of aryl methyl sites for hydroxylation is 2. The molecule has 0 aliphatic carbocycles. The third kappa shape index (κ3) is 5.41. The van der Waals surface area contributed by atoms with E-state index >= 15 is 0 Å². The predicted octanol–water partition coefficient (Wildman–Crippen LogP) is 4.72. The van der Waals surface area contributed by atoms with E-state index in [0.29, 0.717) is 28.0 Å². The quantitative estimate of drug-likeness (QED) is 0.356. The molecule has 3 aromatic heterocycles. The fourth-order valence-corrected chi connectivity index (χ4v) is 3.59. The summed E-state index contributed by atoms with van der Waals surface area (Å²) >= 11 is 1.11. The summed E-state index contributed by atoms with van der Waals surface area (Å²) in [6, 6.07) is 13.1. The number of pyridine rings is 1. The molecule has 0 radical (unpaired) electrons. The summed E-state index contributed by atoms with van der Waals surface area (Å²) in [5, 5.41) is 13.3. The normalized spacial score (nSPS) is 10.6. The molecule has 0 saturated carbocycles. The van der Waals surface area contributed by atoms with Crippen LogP contribution in [0.25, 0.3) is 0 Å². The van der Waals surface area contributed by atoms with E-state index in [1.807, 2.05) is 50.2 Å². The fraction of sp³-hybridized carbons (Fsp3) is 0.182. The van der Waals surface area contributed by atoms with E-state index in [4.69, 9.17) is 0 Å². The van der Waals surface area contributed by atoms with Gasteiger partial charge in [0.1, 0.15) is 28.7 Å². The zero-order valence-corrected chi connectivity index (χ0v) is 18.5. The average Bonchev–Trinajstić information content (AvgIpc) is 3.24. The van der Waals surface area contributed by atoms with E-state index in [0.717, 1.165) is 41.3 Å². The van der Waals surface area contributed by atoms with Crippen molar-refractivity contribution in [2.45, 2.75) is 26.7 Å². The highest BCUT2D eigenvalue weighted by atomic mass is 32.1. The number of carbonyl (C=O) groups is 1. The van der Waals surface area contributed by atoms with Gasteiger partial charge in [-0.15, -0.1) is 5.10 Å². The Hall–Kier alpha value is -3.92. The van der Waals surface area contributed by atoms with Crippen molar-refractivity contribution in [2.24, 2.45) is 0 Å². The lowest BCUT2D eigenvalue weighted by molar-refractivity contribution is 0.102. The minimum atomic E-state index is -0.194. The van der Waals surface area contributed by atoms with Crippen molar-refractivity contribution < 1.29 is 4.79 Å². The third-order valence-corrected chi connectivity index (χ3v) is 5.27. The highest BCUT2D eigenvalue weighted by molar-refractivity contribution is 7.08. The maximum atomic E-state index is 12.5. The van der Waals surface area contributed by atoms with Gasteiger partial charge in [0.25, 0.3) is 5.91 Å². The van der Waals surface area contributed by atoms with Gasteiger partial charge in [0.05, 0.1) is 5.69 Å². The molecule has 1 amide bonds. The zero-order chi connectivity index (χ0) is 22.3. The van der Waals surface area contributed by atoms with E-state index in [2.05, 4.69) is 40.5 Å². The van der Waals surface area contributed by atoms with Crippen molar-refractivity contribution in [3.05, 3.63) is 71.1 Å². The van der Waals surface area contributed by atoms with E-state index in [1.165, 1.54) is 6.33 Å². The zero-order valence-electron chi connectivity index (χ0n) is 17.7. The number of nitrogens with zero attached hydrogens (tertiary/aromatic N) is 5. The molecule has 0 spiro atoms. The number of amides is 1. The molecule has 0 aliphatic rings. The molecule has 162 valence electrons. The molecular weight excluding hydrogens is 424 g/mol. The molecule has 0 unspecified atom stereocenters. The van der Waals surface area contributed by atoms with Gasteiger partial charge in [-0.05, 0) is 66.8 Å². The van der Waals surface area contributed by atoms with Crippen LogP contribution in [0, 0.1) is 6.92 Å². The Morgan fingerprint density at radius 2 is 1.66 bits per heavy atom. The van der Waals surface area contributed by atoms with Gasteiger partial charge in [0, 0.05) is 23.6 Å². The molecule has 0 bridgehead atoms. The number of benzene rings is 1. The van der Waals surface area contributed by atoms with Crippen LogP contribution in [0.5, 0.6) is 0 Å². The van der Waals surface area contributed by atoms with Crippen LogP contribution in [-0.4, -0.2) is 30.4 Å². The van der Waals surface area contributed by atoms with E-state index in [-0.39, 0.29) is 5.91 Å². The van der Waals surface area contributed by atoms with Crippen LogP contribution in [-0.2, 0) is 6.42 Å². The predicted molar refractivity (Wildman–Crippen MR) is 126 cm³/mol.